The van der Waals surface area contributed by atoms with Crippen molar-refractivity contribution in [1.29, 1.82) is 0 Å². The first kappa shape index (κ1) is 18.3. The molecule has 7 nitrogen and oxygen atoms in total. The van der Waals surface area contributed by atoms with Crippen LogP contribution in [0.5, 0.6) is 5.75 Å². The Morgan fingerprint density at radius 2 is 1.96 bits per heavy atom. The van der Waals surface area contributed by atoms with Crippen LogP contribution in [0.25, 0.3) is 31.8 Å². The highest BCUT2D eigenvalue weighted by atomic mass is 32.1. The van der Waals surface area contributed by atoms with Crippen LogP contribution in [0.1, 0.15) is 21.6 Å². The number of rotatable bonds is 5. The number of aryl methyl sites for hydroxylation is 1. The summed E-state index contributed by atoms with van der Waals surface area (Å²) in [6.07, 6.45) is 1.64. The van der Waals surface area contributed by atoms with Crippen LogP contribution in [0.2, 0.25) is 0 Å². The van der Waals surface area contributed by atoms with Gasteiger partial charge in [0.2, 0.25) is 0 Å². The van der Waals surface area contributed by atoms with E-state index in [-0.39, 0.29) is 5.56 Å². The first-order valence-corrected chi connectivity index (χ1v) is 9.29. The molecule has 0 atom stereocenters. The number of fused-ring (bicyclic) bond motifs is 2. The second-order valence-corrected chi connectivity index (χ2v) is 7.33. The summed E-state index contributed by atoms with van der Waals surface area (Å²) < 4.78 is 11.4. The lowest BCUT2D eigenvalue weighted by Crippen LogP contribution is -2.01. The molecule has 0 aliphatic carbocycles. The minimum absolute atomic E-state index is 0.139. The second-order valence-electron chi connectivity index (χ2n) is 6.30. The molecule has 142 valence electrons. The number of carboxylic acid groups (broad SMARTS) is 1. The van der Waals surface area contributed by atoms with Gasteiger partial charge in [0.25, 0.3) is 0 Å². The summed E-state index contributed by atoms with van der Waals surface area (Å²) >= 11 is 1.47. The van der Waals surface area contributed by atoms with Crippen LogP contribution in [0, 0.1) is 6.92 Å². The summed E-state index contributed by atoms with van der Waals surface area (Å²) in [5.41, 5.74) is 4.37. The number of carbonyl (C=O) groups is 1. The van der Waals surface area contributed by atoms with Gasteiger partial charge in [-0.1, -0.05) is 0 Å². The van der Waals surface area contributed by atoms with Crippen LogP contribution in [0.15, 0.2) is 30.5 Å². The van der Waals surface area contributed by atoms with E-state index in [0.717, 1.165) is 21.5 Å². The number of ether oxygens (including phenoxy) is 2. The topological polar surface area (TPSA) is 94.4 Å². The van der Waals surface area contributed by atoms with E-state index in [1.807, 2.05) is 19.1 Å². The smallest absolute Gasteiger partial charge is 0.335 e. The Hall–Kier alpha value is -3.10. The van der Waals surface area contributed by atoms with Gasteiger partial charge in [0.15, 0.2) is 0 Å². The van der Waals surface area contributed by atoms with Gasteiger partial charge in [-0.3, -0.25) is 4.98 Å². The zero-order chi connectivity index (χ0) is 19.8. The molecule has 0 fully saturated rings. The highest BCUT2D eigenvalue weighted by Gasteiger charge is 2.17. The number of nitrogens with zero attached hydrogens (tertiary/aromatic N) is 3. The Balaban J connectivity index is 1.97. The molecular weight excluding hydrogens is 378 g/mol. The van der Waals surface area contributed by atoms with Gasteiger partial charge in [-0.2, -0.15) is 0 Å². The van der Waals surface area contributed by atoms with Crippen LogP contribution < -0.4 is 4.74 Å². The Labute approximate surface area is 164 Å². The van der Waals surface area contributed by atoms with Gasteiger partial charge in [-0.25, -0.2) is 14.8 Å². The molecule has 0 bridgehead atoms. The first-order valence-electron chi connectivity index (χ1n) is 8.47. The number of hydrogen-bond acceptors (Lipinski definition) is 7. The monoisotopic (exact) mass is 395 g/mol. The fraction of sp³-hybridized carbons (Fsp3) is 0.200. The number of aromatic carboxylic acids is 1. The highest BCUT2D eigenvalue weighted by Crippen LogP contribution is 2.37. The van der Waals surface area contributed by atoms with Crippen LogP contribution in [-0.4, -0.2) is 40.2 Å². The third-order valence-corrected chi connectivity index (χ3v) is 5.40. The number of benzene rings is 2. The van der Waals surface area contributed by atoms with Gasteiger partial charge < -0.3 is 14.6 Å². The van der Waals surface area contributed by atoms with Crippen molar-refractivity contribution < 1.29 is 19.4 Å². The van der Waals surface area contributed by atoms with E-state index >= 15 is 0 Å². The summed E-state index contributed by atoms with van der Waals surface area (Å²) in [5.74, 6) is -0.269. The van der Waals surface area contributed by atoms with Crippen molar-refractivity contribution in [2.24, 2.45) is 0 Å². The van der Waals surface area contributed by atoms with Gasteiger partial charge >= 0.3 is 5.97 Å². The maximum atomic E-state index is 11.6. The molecule has 4 rings (SSSR count). The Kier molecular flexibility index (Phi) is 4.66. The summed E-state index contributed by atoms with van der Waals surface area (Å²) in [6.45, 7) is 2.27. The van der Waals surface area contributed by atoms with Gasteiger partial charge in [0.05, 0.1) is 52.4 Å². The van der Waals surface area contributed by atoms with E-state index in [2.05, 4.69) is 9.97 Å². The number of carboxylic acids is 1. The standard InChI is InChI=1S/C20H17N3O4S/c1-10-4-13(27-3)7-16-17(10)23-19(28-16)14-5-11(20(24)25)6-15-18(14)21-8-12(22-15)9-26-2/h4-8H,9H2,1-3H3,(H,24,25). The minimum atomic E-state index is -1.03. The van der Waals surface area contributed by atoms with Crippen molar-refractivity contribution in [2.45, 2.75) is 13.5 Å². The van der Waals surface area contributed by atoms with Crippen molar-refractivity contribution >= 4 is 38.6 Å². The van der Waals surface area contributed by atoms with Crippen LogP contribution >= 0.6 is 11.3 Å². The molecular formula is C20H17N3O4S. The van der Waals surface area contributed by atoms with Gasteiger partial charge in [0, 0.05) is 12.7 Å². The van der Waals surface area contributed by atoms with Crippen molar-refractivity contribution in [2.75, 3.05) is 14.2 Å². The Morgan fingerprint density at radius 3 is 2.68 bits per heavy atom. The molecule has 2 aromatic heterocycles. The number of hydrogen-bond donors (Lipinski definition) is 1. The van der Waals surface area contributed by atoms with Crippen LogP contribution in [-0.2, 0) is 11.3 Å². The fourth-order valence-electron chi connectivity index (χ4n) is 3.06. The average Bonchev–Trinajstić information content (AvgIpc) is 3.11. The van der Waals surface area contributed by atoms with Gasteiger partial charge in [-0.05, 0) is 36.8 Å². The molecule has 0 saturated heterocycles. The summed E-state index contributed by atoms with van der Waals surface area (Å²) in [5, 5.41) is 10.2. The third-order valence-electron chi connectivity index (χ3n) is 4.36. The first-order chi connectivity index (χ1) is 13.5. The SMILES string of the molecule is COCc1cnc2c(-c3nc4c(C)cc(OC)cc4s3)cc(C(=O)O)cc2n1. The average molecular weight is 395 g/mol. The summed E-state index contributed by atoms with van der Waals surface area (Å²) in [4.78, 5) is 25.4. The molecule has 28 heavy (non-hydrogen) atoms. The second kappa shape index (κ2) is 7.14. The molecule has 0 unspecified atom stereocenters. The Morgan fingerprint density at radius 1 is 1.14 bits per heavy atom. The lowest BCUT2D eigenvalue weighted by molar-refractivity contribution is 0.0697. The molecule has 0 amide bonds. The lowest BCUT2D eigenvalue weighted by atomic mass is 10.1. The van der Waals surface area contributed by atoms with E-state index in [4.69, 9.17) is 14.5 Å². The zero-order valence-corrected chi connectivity index (χ0v) is 16.3. The van der Waals surface area contributed by atoms with Crippen molar-refractivity contribution in [1.82, 2.24) is 15.0 Å². The molecule has 0 aliphatic rings. The molecule has 4 aromatic rings. The number of thiazole rings is 1. The Bertz CT molecular complexity index is 1220. The number of aromatic nitrogens is 3. The molecule has 0 spiro atoms. The van der Waals surface area contributed by atoms with E-state index in [1.165, 1.54) is 17.4 Å². The van der Waals surface area contributed by atoms with Crippen LogP contribution in [0.4, 0.5) is 0 Å². The summed E-state index contributed by atoms with van der Waals surface area (Å²) in [6, 6.07) is 6.97. The van der Waals surface area contributed by atoms with Crippen molar-refractivity contribution in [3.8, 4) is 16.3 Å². The van der Waals surface area contributed by atoms with Crippen molar-refractivity contribution in [3.63, 3.8) is 0 Å². The normalized spacial score (nSPS) is 11.2. The predicted molar refractivity (Wildman–Crippen MR) is 107 cm³/mol. The molecule has 2 heterocycles. The quantitative estimate of drug-likeness (QED) is 0.544. The predicted octanol–water partition coefficient (Wildman–Crippen LogP) is 4.07. The molecule has 8 heteroatoms. The molecule has 1 N–H and O–H groups in total. The molecule has 0 aliphatic heterocycles. The summed E-state index contributed by atoms with van der Waals surface area (Å²) in [7, 11) is 3.20. The van der Waals surface area contributed by atoms with E-state index in [0.29, 0.717) is 33.9 Å². The fourth-order valence-corrected chi connectivity index (χ4v) is 4.15. The van der Waals surface area contributed by atoms with Crippen LogP contribution in [0.3, 0.4) is 0 Å². The van der Waals surface area contributed by atoms with E-state index in [9.17, 15) is 9.90 Å². The third kappa shape index (κ3) is 3.17. The maximum Gasteiger partial charge on any atom is 0.335 e. The van der Waals surface area contributed by atoms with E-state index in [1.54, 1.807) is 26.5 Å². The van der Waals surface area contributed by atoms with Gasteiger partial charge in [-0.15, -0.1) is 11.3 Å². The molecule has 0 radical (unpaired) electrons. The maximum absolute atomic E-state index is 11.6. The number of methoxy groups -OCH3 is 2. The molecule has 2 aromatic carbocycles. The molecule has 0 saturated carbocycles. The lowest BCUT2D eigenvalue weighted by Gasteiger charge is -2.07. The van der Waals surface area contributed by atoms with E-state index < -0.39 is 5.97 Å². The zero-order valence-electron chi connectivity index (χ0n) is 15.5. The largest absolute Gasteiger partial charge is 0.497 e. The minimum Gasteiger partial charge on any atom is -0.497 e. The van der Waals surface area contributed by atoms with Crippen molar-refractivity contribution in [3.05, 3.63) is 47.3 Å². The highest BCUT2D eigenvalue weighted by molar-refractivity contribution is 7.21. The van der Waals surface area contributed by atoms with Gasteiger partial charge in [0.1, 0.15) is 10.8 Å².